The van der Waals surface area contributed by atoms with Gasteiger partial charge in [-0.3, -0.25) is 0 Å². The predicted octanol–water partition coefficient (Wildman–Crippen LogP) is 5.01. The Hall–Kier alpha value is -1.13. The van der Waals surface area contributed by atoms with Gasteiger partial charge in [-0.05, 0) is 88.4 Å². The van der Waals surface area contributed by atoms with E-state index in [9.17, 15) is 10.2 Å². The molecule has 1 unspecified atom stereocenters. The van der Waals surface area contributed by atoms with Gasteiger partial charge in [0.25, 0.3) is 0 Å². The summed E-state index contributed by atoms with van der Waals surface area (Å²) in [6, 6.07) is 0. The Bertz CT molecular complexity index is 746. The van der Waals surface area contributed by atoms with E-state index in [4.69, 9.17) is 4.84 Å². The van der Waals surface area contributed by atoms with Gasteiger partial charge in [-0.1, -0.05) is 42.3 Å². The largest absolute Gasteiger partial charge is 0.393 e. The summed E-state index contributed by atoms with van der Waals surface area (Å²) in [5, 5.41) is 24.5. The van der Waals surface area contributed by atoms with E-state index in [0.29, 0.717) is 17.8 Å². The Morgan fingerprint density at radius 3 is 2.62 bits per heavy atom. The second-order valence-corrected chi connectivity index (χ2v) is 11.3. The topological polar surface area (TPSA) is 62.0 Å². The van der Waals surface area contributed by atoms with Crippen molar-refractivity contribution in [3.05, 3.63) is 23.3 Å². The van der Waals surface area contributed by atoms with Crippen molar-refractivity contribution in [1.82, 2.24) is 0 Å². The maximum Gasteiger partial charge on any atom is 0.145 e. The Balaban J connectivity index is 1.56. The lowest BCUT2D eigenvalue weighted by molar-refractivity contribution is -0.0200. The molecule has 4 nitrogen and oxygen atoms in total. The third kappa shape index (κ3) is 3.61. The van der Waals surface area contributed by atoms with Crippen molar-refractivity contribution >= 4 is 5.71 Å². The number of aliphatic hydroxyl groups is 2. The SMILES string of the molecule is CC(=NOCC(C)(C)O)[C@H]1CC[C@H]2C3=CC=C4CC(O)CC[C@]4(C)[C@H]3CC[C@]12C. The summed E-state index contributed by atoms with van der Waals surface area (Å²) in [6.07, 6.45) is 12.4. The smallest absolute Gasteiger partial charge is 0.145 e. The van der Waals surface area contributed by atoms with Crippen molar-refractivity contribution in [2.75, 3.05) is 6.61 Å². The van der Waals surface area contributed by atoms with Crippen LogP contribution in [0.3, 0.4) is 0 Å². The van der Waals surface area contributed by atoms with Crippen LogP contribution in [0.1, 0.15) is 79.6 Å². The van der Waals surface area contributed by atoms with Crippen LogP contribution in [0.2, 0.25) is 0 Å². The first-order valence-corrected chi connectivity index (χ1v) is 11.5. The molecule has 6 atom stereocenters. The van der Waals surface area contributed by atoms with E-state index >= 15 is 0 Å². The molecule has 29 heavy (non-hydrogen) atoms. The van der Waals surface area contributed by atoms with Crippen LogP contribution in [-0.2, 0) is 4.84 Å². The number of allylic oxidation sites excluding steroid dienone is 3. The van der Waals surface area contributed by atoms with Gasteiger partial charge in [-0.25, -0.2) is 0 Å². The molecule has 0 spiro atoms. The second-order valence-electron chi connectivity index (χ2n) is 11.3. The number of rotatable bonds is 4. The van der Waals surface area contributed by atoms with E-state index in [1.54, 1.807) is 19.4 Å². The number of fused-ring (bicyclic) bond motifs is 5. The molecular formula is C25H39NO3. The van der Waals surface area contributed by atoms with E-state index < -0.39 is 5.60 Å². The molecule has 2 N–H and O–H groups in total. The number of hydrogen-bond donors (Lipinski definition) is 2. The van der Waals surface area contributed by atoms with Gasteiger partial charge in [0.05, 0.1) is 17.4 Å². The molecule has 0 bridgehead atoms. The van der Waals surface area contributed by atoms with Crippen LogP contribution in [0.25, 0.3) is 0 Å². The second kappa shape index (κ2) is 7.23. The molecule has 4 rings (SSSR count). The first-order valence-electron chi connectivity index (χ1n) is 11.5. The fourth-order valence-electron chi connectivity index (χ4n) is 7.03. The van der Waals surface area contributed by atoms with Gasteiger partial charge in [-0.15, -0.1) is 0 Å². The molecule has 0 radical (unpaired) electrons. The van der Waals surface area contributed by atoms with E-state index in [0.717, 1.165) is 25.0 Å². The van der Waals surface area contributed by atoms with Crippen molar-refractivity contribution < 1.29 is 15.1 Å². The Morgan fingerprint density at radius 1 is 1.14 bits per heavy atom. The lowest BCUT2D eigenvalue weighted by Crippen LogP contribution is -2.46. The standard InChI is InChI=1S/C25H39NO3/c1-16(26-29-15-23(2,3)28)20-8-9-21-19-7-6-17-14-18(27)10-12-24(17,4)22(19)11-13-25(20,21)5/h6-7,18,20-22,27-28H,8-15H2,1-5H3/t18?,20-,21+,22+,24+,25-/m1/s1. The lowest BCUT2D eigenvalue weighted by Gasteiger charge is -2.54. The number of hydrogen-bond acceptors (Lipinski definition) is 4. The zero-order valence-corrected chi connectivity index (χ0v) is 18.9. The molecule has 4 heteroatoms. The third-order valence-electron chi connectivity index (χ3n) is 8.68. The van der Waals surface area contributed by atoms with Gasteiger partial charge >= 0.3 is 0 Å². The zero-order valence-electron chi connectivity index (χ0n) is 18.9. The summed E-state index contributed by atoms with van der Waals surface area (Å²) in [5.74, 6) is 1.70. The molecule has 3 fully saturated rings. The molecule has 0 aromatic heterocycles. The number of aliphatic hydroxyl groups excluding tert-OH is 1. The Labute approximate surface area is 176 Å². The van der Waals surface area contributed by atoms with Crippen LogP contribution < -0.4 is 0 Å². The molecule has 0 heterocycles. The van der Waals surface area contributed by atoms with Crippen LogP contribution in [0.5, 0.6) is 0 Å². The highest BCUT2D eigenvalue weighted by Gasteiger charge is 2.56. The first kappa shape index (κ1) is 21.1. The molecular weight excluding hydrogens is 362 g/mol. The molecule has 0 saturated heterocycles. The average Bonchev–Trinajstić information content (AvgIpc) is 2.98. The third-order valence-corrected chi connectivity index (χ3v) is 8.68. The van der Waals surface area contributed by atoms with Gasteiger partial charge in [-0.2, -0.15) is 0 Å². The van der Waals surface area contributed by atoms with Gasteiger partial charge in [0.2, 0.25) is 0 Å². The van der Waals surface area contributed by atoms with Crippen molar-refractivity contribution in [2.24, 2.45) is 33.7 Å². The van der Waals surface area contributed by atoms with Gasteiger partial charge in [0, 0.05) is 5.92 Å². The molecule has 4 aliphatic rings. The predicted molar refractivity (Wildman–Crippen MR) is 117 cm³/mol. The van der Waals surface area contributed by atoms with Crippen molar-refractivity contribution in [1.29, 1.82) is 0 Å². The summed E-state index contributed by atoms with van der Waals surface area (Å²) < 4.78 is 0. The van der Waals surface area contributed by atoms with Crippen molar-refractivity contribution in [3.63, 3.8) is 0 Å². The summed E-state index contributed by atoms with van der Waals surface area (Å²) in [5.41, 5.74) is 3.84. The quantitative estimate of drug-likeness (QED) is 0.514. The number of oxime groups is 1. The van der Waals surface area contributed by atoms with Crippen LogP contribution >= 0.6 is 0 Å². The minimum atomic E-state index is -0.857. The monoisotopic (exact) mass is 401 g/mol. The maximum atomic E-state index is 10.2. The normalized spacial score (nSPS) is 42.4. The van der Waals surface area contributed by atoms with E-state index in [2.05, 4.69) is 38.1 Å². The van der Waals surface area contributed by atoms with Gasteiger partial charge < -0.3 is 15.1 Å². The average molecular weight is 402 g/mol. The molecule has 0 aromatic carbocycles. The van der Waals surface area contributed by atoms with E-state index in [1.165, 1.54) is 31.3 Å². The highest BCUT2D eigenvalue weighted by atomic mass is 16.6. The van der Waals surface area contributed by atoms with Crippen LogP contribution in [0, 0.1) is 28.6 Å². The molecule has 0 aliphatic heterocycles. The van der Waals surface area contributed by atoms with Gasteiger partial charge in [0.15, 0.2) is 0 Å². The van der Waals surface area contributed by atoms with E-state index in [1.807, 2.05) is 0 Å². The summed E-state index contributed by atoms with van der Waals surface area (Å²) in [4.78, 5) is 5.49. The lowest BCUT2D eigenvalue weighted by atomic mass is 9.50. The van der Waals surface area contributed by atoms with Crippen LogP contribution in [0.15, 0.2) is 28.5 Å². The summed E-state index contributed by atoms with van der Waals surface area (Å²) >= 11 is 0. The Morgan fingerprint density at radius 2 is 1.90 bits per heavy atom. The van der Waals surface area contributed by atoms with Gasteiger partial charge in [0.1, 0.15) is 6.61 Å². The first-order chi connectivity index (χ1) is 13.5. The molecule has 3 saturated carbocycles. The fraction of sp³-hybridized carbons (Fsp3) is 0.800. The fourth-order valence-corrected chi connectivity index (χ4v) is 7.03. The minimum Gasteiger partial charge on any atom is -0.393 e. The minimum absolute atomic E-state index is 0.156. The summed E-state index contributed by atoms with van der Waals surface area (Å²) in [6.45, 7) is 10.7. The summed E-state index contributed by atoms with van der Waals surface area (Å²) in [7, 11) is 0. The highest BCUT2D eigenvalue weighted by Crippen LogP contribution is 2.65. The van der Waals surface area contributed by atoms with Crippen LogP contribution in [0.4, 0.5) is 0 Å². The molecule has 0 aromatic rings. The molecule has 0 amide bonds. The molecule has 4 aliphatic carbocycles. The van der Waals surface area contributed by atoms with E-state index in [-0.39, 0.29) is 23.5 Å². The highest BCUT2D eigenvalue weighted by molar-refractivity contribution is 5.85. The Kier molecular flexibility index (Phi) is 5.26. The van der Waals surface area contributed by atoms with Crippen molar-refractivity contribution in [3.8, 4) is 0 Å². The van der Waals surface area contributed by atoms with Crippen LogP contribution in [-0.4, -0.2) is 34.2 Å². The van der Waals surface area contributed by atoms with Crippen molar-refractivity contribution in [2.45, 2.75) is 91.3 Å². The number of nitrogens with zero attached hydrogens (tertiary/aromatic N) is 1. The zero-order chi connectivity index (χ0) is 21.0. The molecule has 162 valence electrons. The maximum absolute atomic E-state index is 10.2.